The van der Waals surface area contributed by atoms with Gasteiger partial charge in [0.25, 0.3) is 0 Å². The molecule has 0 aliphatic rings. The summed E-state index contributed by atoms with van der Waals surface area (Å²) in [6.07, 6.45) is 4.03. The Labute approximate surface area is 110 Å². The van der Waals surface area contributed by atoms with E-state index in [1.165, 1.54) is 5.56 Å². The molecule has 0 aliphatic carbocycles. The number of rotatable bonds is 8. The van der Waals surface area contributed by atoms with Gasteiger partial charge in [-0.1, -0.05) is 27.2 Å². The molecule has 1 aromatic heterocycles. The number of hydrogen-bond acceptors (Lipinski definition) is 4. The van der Waals surface area contributed by atoms with Gasteiger partial charge >= 0.3 is 0 Å². The van der Waals surface area contributed by atoms with Crippen molar-refractivity contribution >= 4 is 0 Å². The maximum atomic E-state index is 5.07. The smallest absolute Gasteiger partial charge is 0.154 e. The quantitative estimate of drug-likeness (QED) is 0.770. The fourth-order valence-corrected chi connectivity index (χ4v) is 1.78. The average molecular weight is 251 g/mol. The molecule has 0 amide bonds. The minimum absolute atomic E-state index is 0.483. The first-order valence-electron chi connectivity index (χ1n) is 6.70. The largest absolute Gasteiger partial charge is 0.377 e. The summed E-state index contributed by atoms with van der Waals surface area (Å²) in [6, 6.07) is 0. The number of ether oxygens (including phenoxy) is 1. The molecule has 0 radical (unpaired) electrons. The third-order valence-electron chi connectivity index (χ3n) is 2.63. The standard InChI is InChI=1S/C14H25N3O/c1-5-6-13-12(8-15-7-11(2)3)9-16-14(17-13)10-18-4/h9,11,15H,5-8,10H2,1-4H3. The first kappa shape index (κ1) is 15.1. The molecule has 0 saturated heterocycles. The van der Waals surface area contributed by atoms with Gasteiger partial charge in [0, 0.05) is 31.1 Å². The van der Waals surface area contributed by atoms with Crippen LogP contribution in [-0.2, 0) is 24.3 Å². The first-order chi connectivity index (χ1) is 8.67. The van der Waals surface area contributed by atoms with Gasteiger partial charge in [-0.3, -0.25) is 0 Å². The fourth-order valence-electron chi connectivity index (χ4n) is 1.78. The van der Waals surface area contributed by atoms with Gasteiger partial charge in [-0.15, -0.1) is 0 Å². The molecule has 0 saturated carbocycles. The summed E-state index contributed by atoms with van der Waals surface area (Å²) in [4.78, 5) is 8.91. The number of hydrogen-bond donors (Lipinski definition) is 1. The van der Waals surface area contributed by atoms with Crippen molar-refractivity contribution in [2.24, 2.45) is 5.92 Å². The Morgan fingerprint density at radius 2 is 2.17 bits per heavy atom. The fraction of sp³-hybridized carbons (Fsp3) is 0.714. The Morgan fingerprint density at radius 1 is 1.39 bits per heavy atom. The molecule has 18 heavy (non-hydrogen) atoms. The van der Waals surface area contributed by atoms with Gasteiger partial charge in [0.15, 0.2) is 5.82 Å². The molecule has 4 heteroatoms. The second kappa shape index (κ2) is 8.16. The van der Waals surface area contributed by atoms with Crippen LogP contribution in [-0.4, -0.2) is 23.6 Å². The van der Waals surface area contributed by atoms with Crippen LogP contribution in [0.4, 0.5) is 0 Å². The van der Waals surface area contributed by atoms with Crippen LogP contribution in [0.5, 0.6) is 0 Å². The molecule has 4 nitrogen and oxygen atoms in total. The maximum Gasteiger partial charge on any atom is 0.154 e. The van der Waals surface area contributed by atoms with Crippen LogP contribution in [0.1, 0.15) is 44.3 Å². The number of aryl methyl sites for hydroxylation is 1. The molecule has 1 aromatic rings. The Morgan fingerprint density at radius 3 is 2.78 bits per heavy atom. The summed E-state index contributed by atoms with van der Waals surface area (Å²) in [5.41, 5.74) is 2.35. The second-order valence-corrected chi connectivity index (χ2v) is 4.97. The topological polar surface area (TPSA) is 47.0 Å². The molecule has 0 atom stereocenters. The SMILES string of the molecule is CCCc1nc(COC)ncc1CNCC(C)C. The highest BCUT2D eigenvalue weighted by atomic mass is 16.5. The van der Waals surface area contributed by atoms with Gasteiger partial charge < -0.3 is 10.1 Å². The summed E-state index contributed by atoms with van der Waals surface area (Å²) in [6.45, 7) is 8.93. The van der Waals surface area contributed by atoms with E-state index < -0.39 is 0 Å². The van der Waals surface area contributed by atoms with Crippen molar-refractivity contribution in [1.29, 1.82) is 0 Å². The van der Waals surface area contributed by atoms with Gasteiger partial charge in [-0.05, 0) is 18.9 Å². The first-order valence-corrected chi connectivity index (χ1v) is 6.70. The molecule has 0 aliphatic heterocycles. The Balaban J connectivity index is 2.69. The van der Waals surface area contributed by atoms with Crippen LogP contribution < -0.4 is 5.32 Å². The van der Waals surface area contributed by atoms with E-state index in [9.17, 15) is 0 Å². The zero-order valence-corrected chi connectivity index (χ0v) is 12.0. The molecule has 0 spiro atoms. The molecular formula is C14H25N3O. The molecular weight excluding hydrogens is 226 g/mol. The van der Waals surface area contributed by atoms with Crippen LogP contribution in [0.25, 0.3) is 0 Å². The lowest BCUT2D eigenvalue weighted by molar-refractivity contribution is 0.177. The summed E-state index contributed by atoms with van der Waals surface area (Å²) < 4.78 is 5.07. The van der Waals surface area contributed by atoms with Crippen molar-refractivity contribution in [1.82, 2.24) is 15.3 Å². The predicted octanol–water partition coefficient (Wildman–Crippen LogP) is 2.32. The van der Waals surface area contributed by atoms with E-state index in [2.05, 4.69) is 36.1 Å². The Bertz CT molecular complexity index is 353. The zero-order chi connectivity index (χ0) is 13.4. The third-order valence-corrected chi connectivity index (χ3v) is 2.63. The van der Waals surface area contributed by atoms with E-state index in [0.29, 0.717) is 12.5 Å². The van der Waals surface area contributed by atoms with Gasteiger partial charge in [0.05, 0.1) is 0 Å². The van der Waals surface area contributed by atoms with E-state index in [1.807, 2.05) is 6.20 Å². The molecule has 0 fully saturated rings. The number of aromatic nitrogens is 2. The highest BCUT2D eigenvalue weighted by molar-refractivity contribution is 5.17. The lowest BCUT2D eigenvalue weighted by Gasteiger charge is -2.11. The zero-order valence-electron chi connectivity index (χ0n) is 12.0. The van der Waals surface area contributed by atoms with Crippen molar-refractivity contribution in [3.05, 3.63) is 23.3 Å². The molecule has 1 N–H and O–H groups in total. The number of nitrogens with zero attached hydrogens (tertiary/aromatic N) is 2. The monoisotopic (exact) mass is 251 g/mol. The van der Waals surface area contributed by atoms with Crippen molar-refractivity contribution in [3.8, 4) is 0 Å². The predicted molar refractivity (Wildman–Crippen MR) is 73.3 cm³/mol. The van der Waals surface area contributed by atoms with Gasteiger partial charge in [-0.2, -0.15) is 0 Å². The van der Waals surface area contributed by atoms with E-state index in [1.54, 1.807) is 7.11 Å². The lowest BCUT2D eigenvalue weighted by Crippen LogP contribution is -2.20. The van der Waals surface area contributed by atoms with Crippen LogP contribution in [0, 0.1) is 5.92 Å². The Hall–Kier alpha value is -1.00. The Kier molecular flexibility index (Phi) is 6.83. The summed E-state index contributed by atoms with van der Waals surface area (Å²) >= 11 is 0. The normalized spacial score (nSPS) is 11.2. The molecule has 1 heterocycles. The van der Waals surface area contributed by atoms with E-state index >= 15 is 0 Å². The number of nitrogens with one attached hydrogen (secondary N) is 1. The minimum atomic E-state index is 0.483. The van der Waals surface area contributed by atoms with E-state index in [-0.39, 0.29) is 0 Å². The molecule has 1 rings (SSSR count). The van der Waals surface area contributed by atoms with Crippen molar-refractivity contribution in [2.45, 2.75) is 46.8 Å². The highest BCUT2D eigenvalue weighted by Crippen LogP contribution is 2.09. The average Bonchev–Trinajstić information content (AvgIpc) is 2.32. The third kappa shape index (κ3) is 5.10. The molecule has 102 valence electrons. The van der Waals surface area contributed by atoms with Crippen LogP contribution in [0.3, 0.4) is 0 Å². The summed E-state index contributed by atoms with van der Waals surface area (Å²) in [7, 11) is 1.67. The van der Waals surface area contributed by atoms with E-state index in [0.717, 1.165) is 37.4 Å². The second-order valence-electron chi connectivity index (χ2n) is 4.97. The highest BCUT2D eigenvalue weighted by Gasteiger charge is 2.06. The lowest BCUT2D eigenvalue weighted by atomic mass is 10.1. The maximum absolute atomic E-state index is 5.07. The minimum Gasteiger partial charge on any atom is -0.377 e. The molecule has 0 bridgehead atoms. The van der Waals surface area contributed by atoms with Gasteiger partial charge in [-0.25, -0.2) is 9.97 Å². The van der Waals surface area contributed by atoms with Crippen molar-refractivity contribution in [2.75, 3.05) is 13.7 Å². The summed E-state index contributed by atoms with van der Waals surface area (Å²) in [5, 5.41) is 3.44. The van der Waals surface area contributed by atoms with Crippen molar-refractivity contribution < 1.29 is 4.74 Å². The van der Waals surface area contributed by atoms with Crippen LogP contribution in [0.2, 0.25) is 0 Å². The van der Waals surface area contributed by atoms with Gasteiger partial charge in [0.2, 0.25) is 0 Å². The van der Waals surface area contributed by atoms with Gasteiger partial charge in [0.1, 0.15) is 6.61 Å². The summed E-state index contributed by atoms with van der Waals surface area (Å²) in [5.74, 6) is 1.43. The van der Waals surface area contributed by atoms with Crippen molar-refractivity contribution in [3.63, 3.8) is 0 Å². The molecule has 0 unspecified atom stereocenters. The van der Waals surface area contributed by atoms with Crippen LogP contribution >= 0.6 is 0 Å². The number of methoxy groups -OCH3 is 1. The van der Waals surface area contributed by atoms with Crippen LogP contribution in [0.15, 0.2) is 6.20 Å². The molecule has 0 aromatic carbocycles. The van der Waals surface area contributed by atoms with E-state index in [4.69, 9.17) is 4.74 Å².